The lowest BCUT2D eigenvalue weighted by Crippen LogP contribution is -1.90. The highest BCUT2D eigenvalue weighted by Crippen LogP contribution is 2.24. The van der Waals surface area contributed by atoms with E-state index in [1.165, 1.54) is 0 Å². The van der Waals surface area contributed by atoms with Gasteiger partial charge < -0.3 is 10.5 Å². The van der Waals surface area contributed by atoms with Crippen molar-refractivity contribution < 1.29 is 0 Å². The van der Waals surface area contributed by atoms with Gasteiger partial charge in [0.05, 0.1) is 0 Å². The van der Waals surface area contributed by atoms with Crippen LogP contribution in [0.5, 0.6) is 0 Å². The maximum atomic E-state index is 5.64. The van der Waals surface area contributed by atoms with Gasteiger partial charge in [-0.25, -0.2) is 0 Å². The first-order valence-corrected chi connectivity index (χ1v) is 5.44. The Morgan fingerprint density at radius 3 is 2.92 bits per heavy atom. The fraction of sp³-hybridized carbons (Fsp3) is 0.250. The van der Waals surface area contributed by atoms with Crippen LogP contribution in [0.2, 0.25) is 0 Å². The third kappa shape index (κ3) is 2.60. The summed E-state index contributed by atoms with van der Waals surface area (Å²) >= 11 is 5.03. The monoisotopic (exact) mass is 246 g/mol. The van der Waals surface area contributed by atoms with Gasteiger partial charge in [0.1, 0.15) is 0 Å². The Balaban J connectivity index is 2.69. The Labute approximate surface area is 85.2 Å². The second-order valence-electron chi connectivity index (χ2n) is 2.27. The quantitative estimate of drug-likeness (QED) is 0.636. The Hall–Kier alpha value is -0.350. The van der Waals surface area contributed by atoms with E-state index in [1.54, 1.807) is 11.9 Å². The summed E-state index contributed by atoms with van der Waals surface area (Å²) in [5, 5.41) is 0. The van der Waals surface area contributed by atoms with Gasteiger partial charge in [-0.1, -0.05) is 18.9 Å². The maximum Gasteiger partial charge on any atom is 0.0460 e. The molecule has 0 fully saturated rings. The van der Waals surface area contributed by atoms with Crippen molar-refractivity contribution >= 4 is 39.3 Å². The number of nitrogens with one attached hydrogen (secondary N) is 1. The molecule has 0 atom stereocenters. The van der Waals surface area contributed by atoms with Crippen LogP contribution in [0.15, 0.2) is 22.7 Å². The number of anilines is 2. The number of rotatable bonds is 3. The Bertz CT molecular complexity index is 265. The van der Waals surface area contributed by atoms with Crippen LogP contribution in [0.3, 0.4) is 0 Å². The van der Waals surface area contributed by atoms with Gasteiger partial charge in [-0.2, -0.15) is 0 Å². The van der Waals surface area contributed by atoms with Crippen molar-refractivity contribution in [1.29, 1.82) is 0 Å². The molecule has 0 spiro atoms. The number of hydrogen-bond acceptors (Lipinski definition) is 3. The molecule has 0 aliphatic heterocycles. The number of halogens is 1. The van der Waals surface area contributed by atoms with E-state index < -0.39 is 0 Å². The Morgan fingerprint density at radius 2 is 2.33 bits per heavy atom. The predicted molar refractivity (Wildman–Crippen MR) is 60.3 cm³/mol. The van der Waals surface area contributed by atoms with Gasteiger partial charge in [-0.15, -0.1) is 0 Å². The van der Waals surface area contributed by atoms with Crippen LogP contribution < -0.4 is 10.5 Å². The van der Waals surface area contributed by atoms with E-state index in [2.05, 4.69) is 27.6 Å². The molecule has 0 aromatic heterocycles. The summed E-state index contributed by atoms with van der Waals surface area (Å²) in [4.78, 5) is 0. The number of nitrogen functional groups attached to an aromatic ring is 1. The summed E-state index contributed by atoms with van der Waals surface area (Å²) < 4.78 is 4.13. The number of nitrogens with two attached hydrogens (primary N) is 1. The topological polar surface area (TPSA) is 38.0 Å². The molecule has 0 bridgehead atoms. The Kier molecular flexibility index (Phi) is 3.75. The zero-order valence-electron chi connectivity index (χ0n) is 6.80. The van der Waals surface area contributed by atoms with E-state index in [4.69, 9.17) is 5.73 Å². The van der Waals surface area contributed by atoms with Crippen LogP contribution in [0, 0.1) is 0 Å². The van der Waals surface area contributed by atoms with Gasteiger partial charge >= 0.3 is 0 Å². The molecule has 66 valence electrons. The van der Waals surface area contributed by atoms with E-state index in [0.717, 1.165) is 21.6 Å². The minimum atomic E-state index is 0.766. The van der Waals surface area contributed by atoms with Gasteiger partial charge in [0.25, 0.3) is 0 Å². The molecule has 0 aliphatic carbocycles. The predicted octanol–water partition coefficient (Wildman–Crippen LogP) is 3.11. The van der Waals surface area contributed by atoms with Gasteiger partial charge in [0.2, 0.25) is 0 Å². The van der Waals surface area contributed by atoms with E-state index in [0.29, 0.717) is 0 Å². The summed E-state index contributed by atoms with van der Waals surface area (Å²) in [5.41, 5.74) is 7.47. The molecule has 3 N–H and O–H groups in total. The third-order valence-corrected chi connectivity index (χ3v) is 2.69. The van der Waals surface area contributed by atoms with Crippen LogP contribution >= 0.6 is 27.9 Å². The number of hydrogen-bond donors (Lipinski definition) is 2. The average Bonchev–Trinajstić information content (AvgIpc) is 2.07. The molecule has 4 heteroatoms. The van der Waals surface area contributed by atoms with Gasteiger partial charge in [0, 0.05) is 21.6 Å². The van der Waals surface area contributed by atoms with Gasteiger partial charge in [-0.3, -0.25) is 0 Å². The van der Waals surface area contributed by atoms with Crippen LogP contribution in [0.4, 0.5) is 11.4 Å². The fourth-order valence-corrected chi connectivity index (χ4v) is 1.56. The molecule has 1 rings (SSSR count). The van der Waals surface area contributed by atoms with Gasteiger partial charge in [0.15, 0.2) is 0 Å². The standard InChI is InChI=1S/C8H11BrN2S/c1-2-12-11-6-3-4-8(10)7(9)5-6/h3-5,11H,2,10H2,1H3. The highest BCUT2D eigenvalue weighted by atomic mass is 79.9. The first-order chi connectivity index (χ1) is 5.74. The van der Waals surface area contributed by atoms with Crippen molar-refractivity contribution in [1.82, 2.24) is 0 Å². The molecule has 1 aromatic rings. The van der Waals surface area contributed by atoms with E-state index >= 15 is 0 Å². The molecule has 0 radical (unpaired) electrons. The summed E-state index contributed by atoms with van der Waals surface area (Å²) in [6.45, 7) is 2.10. The molecule has 0 saturated carbocycles. The zero-order valence-corrected chi connectivity index (χ0v) is 9.21. The molecule has 0 unspecified atom stereocenters. The van der Waals surface area contributed by atoms with Crippen molar-refractivity contribution in [2.75, 3.05) is 16.2 Å². The van der Waals surface area contributed by atoms with Crippen molar-refractivity contribution in [3.8, 4) is 0 Å². The van der Waals surface area contributed by atoms with Crippen LogP contribution in [0.25, 0.3) is 0 Å². The summed E-state index contributed by atoms with van der Waals surface area (Å²) in [6.07, 6.45) is 0. The van der Waals surface area contributed by atoms with E-state index in [1.807, 2.05) is 18.2 Å². The summed E-state index contributed by atoms with van der Waals surface area (Å²) in [6, 6.07) is 5.81. The largest absolute Gasteiger partial charge is 0.398 e. The SMILES string of the molecule is CCSNc1ccc(N)c(Br)c1. The second-order valence-corrected chi connectivity index (χ2v) is 4.20. The van der Waals surface area contributed by atoms with Crippen LogP contribution in [-0.2, 0) is 0 Å². The van der Waals surface area contributed by atoms with Crippen molar-refractivity contribution in [2.24, 2.45) is 0 Å². The molecular weight excluding hydrogens is 236 g/mol. The minimum absolute atomic E-state index is 0.766. The number of benzene rings is 1. The first kappa shape index (κ1) is 9.74. The smallest absolute Gasteiger partial charge is 0.0460 e. The maximum absolute atomic E-state index is 5.64. The molecule has 0 heterocycles. The lowest BCUT2D eigenvalue weighted by Gasteiger charge is -2.04. The van der Waals surface area contributed by atoms with Crippen LogP contribution in [-0.4, -0.2) is 5.75 Å². The zero-order chi connectivity index (χ0) is 8.97. The summed E-state index contributed by atoms with van der Waals surface area (Å²) in [5.74, 6) is 1.04. The van der Waals surface area contributed by atoms with Crippen LogP contribution in [0.1, 0.15) is 6.92 Å². The third-order valence-electron chi connectivity index (χ3n) is 1.33. The summed E-state index contributed by atoms with van der Waals surface area (Å²) in [7, 11) is 0. The fourth-order valence-electron chi connectivity index (χ4n) is 0.746. The van der Waals surface area contributed by atoms with E-state index in [-0.39, 0.29) is 0 Å². The molecule has 0 aliphatic rings. The molecule has 2 nitrogen and oxygen atoms in total. The molecule has 0 amide bonds. The van der Waals surface area contributed by atoms with Crippen molar-refractivity contribution in [3.05, 3.63) is 22.7 Å². The lowest BCUT2D eigenvalue weighted by molar-refractivity contribution is 1.52. The lowest BCUT2D eigenvalue weighted by atomic mass is 10.3. The molecule has 0 saturated heterocycles. The average molecular weight is 247 g/mol. The van der Waals surface area contributed by atoms with Crippen molar-refractivity contribution in [2.45, 2.75) is 6.92 Å². The minimum Gasteiger partial charge on any atom is -0.398 e. The second kappa shape index (κ2) is 4.62. The highest BCUT2D eigenvalue weighted by molar-refractivity contribution is 9.10. The van der Waals surface area contributed by atoms with Gasteiger partial charge in [-0.05, 0) is 34.1 Å². The van der Waals surface area contributed by atoms with E-state index in [9.17, 15) is 0 Å². The molecule has 12 heavy (non-hydrogen) atoms. The highest BCUT2D eigenvalue weighted by Gasteiger charge is 1.96. The first-order valence-electron chi connectivity index (χ1n) is 3.67. The van der Waals surface area contributed by atoms with Crippen molar-refractivity contribution in [3.63, 3.8) is 0 Å². The molecule has 1 aromatic carbocycles. The molecular formula is C8H11BrN2S. The Morgan fingerprint density at radius 1 is 1.58 bits per heavy atom. The normalized spacial score (nSPS) is 9.83.